The minimum Gasteiger partial charge on any atom is -0.481 e. The molecule has 6 heteroatoms. The van der Waals surface area contributed by atoms with Gasteiger partial charge in [0.2, 0.25) is 0 Å². The molecule has 3 aromatic heterocycles. The summed E-state index contributed by atoms with van der Waals surface area (Å²) in [5.41, 5.74) is 8.50. The van der Waals surface area contributed by atoms with Crippen LogP contribution in [0, 0.1) is 13.8 Å². The number of hydrogen-bond acceptors (Lipinski definition) is 4. The molecule has 0 aliphatic heterocycles. The van der Waals surface area contributed by atoms with E-state index in [1.54, 1.807) is 11.3 Å². The first-order valence-electron chi connectivity index (χ1n) is 12.7. The largest absolute Gasteiger partial charge is 0.481 e. The highest BCUT2D eigenvalue weighted by Gasteiger charge is 2.24. The maximum Gasteiger partial charge on any atom is 0.307 e. The third-order valence-corrected chi connectivity index (χ3v) is 8.48. The molecule has 0 atom stereocenters. The van der Waals surface area contributed by atoms with Gasteiger partial charge in [-0.05, 0) is 73.6 Å². The van der Waals surface area contributed by atoms with E-state index in [9.17, 15) is 9.90 Å². The molecule has 0 saturated heterocycles. The van der Waals surface area contributed by atoms with Gasteiger partial charge in [-0.25, -0.2) is 9.97 Å². The lowest BCUT2D eigenvalue weighted by Crippen LogP contribution is -2.05. The van der Waals surface area contributed by atoms with Gasteiger partial charge < -0.3 is 10.1 Å². The number of aromatic amines is 1. The Balaban J connectivity index is 1.46. The normalized spacial score (nSPS) is 14.6. The molecular formula is C30H29N3O2S. The van der Waals surface area contributed by atoms with E-state index in [2.05, 4.69) is 46.4 Å². The van der Waals surface area contributed by atoms with E-state index >= 15 is 0 Å². The zero-order chi connectivity index (χ0) is 24.8. The van der Waals surface area contributed by atoms with Crippen LogP contribution in [0.3, 0.4) is 0 Å². The molecule has 2 N–H and O–H groups in total. The summed E-state index contributed by atoms with van der Waals surface area (Å²) in [6, 6.07) is 16.9. The summed E-state index contributed by atoms with van der Waals surface area (Å²) in [5.74, 6) is -0.291. The van der Waals surface area contributed by atoms with Crippen LogP contribution in [0.25, 0.3) is 43.6 Å². The molecule has 2 aromatic carbocycles. The number of H-pyrrole nitrogens is 1. The molecule has 1 aliphatic carbocycles. The van der Waals surface area contributed by atoms with Gasteiger partial charge in [0, 0.05) is 22.0 Å². The molecule has 0 amide bonds. The minimum atomic E-state index is -0.807. The number of nitrogens with zero attached hydrogens (tertiary/aromatic N) is 2. The standard InChI is InChI=1S/C30H29N3O2S/c1-17-30(36-18(2)31-17)25-13-9-21-16-22(10-12-24(21)32-25)29-28(20-6-4-3-5-7-20)23-11-8-19(15-27(34)35)14-26(23)33-29/h8-14,16,20,33H,3-7,15H2,1-2H3,(H,34,35). The second-order valence-electron chi connectivity index (χ2n) is 9.95. The van der Waals surface area contributed by atoms with Crippen molar-refractivity contribution in [2.75, 3.05) is 0 Å². The van der Waals surface area contributed by atoms with E-state index in [0.29, 0.717) is 5.92 Å². The van der Waals surface area contributed by atoms with Crippen LogP contribution in [-0.4, -0.2) is 26.0 Å². The topological polar surface area (TPSA) is 78.9 Å². The zero-order valence-corrected chi connectivity index (χ0v) is 21.4. The zero-order valence-electron chi connectivity index (χ0n) is 20.6. The number of pyridine rings is 1. The van der Waals surface area contributed by atoms with Gasteiger partial charge in [0.15, 0.2) is 0 Å². The Kier molecular flexibility index (Phi) is 5.84. The first kappa shape index (κ1) is 22.9. The predicted octanol–water partition coefficient (Wildman–Crippen LogP) is 7.80. The van der Waals surface area contributed by atoms with Crippen molar-refractivity contribution < 1.29 is 9.90 Å². The van der Waals surface area contributed by atoms with Crippen LogP contribution in [0.1, 0.15) is 59.9 Å². The molecule has 1 aliphatic rings. The van der Waals surface area contributed by atoms with Crippen molar-refractivity contribution >= 4 is 39.1 Å². The van der Waals surface area contributed by atoms with Crippen molar-refractivity contribution in [3.63, 3.8) is 0 Å². The molecule has 5 nitrogen and oxygen atoms in total. The number of carboxylic acids is 1. The van der Waals surface area contributed by atoms with E-state index in [0.717, 1.165) is 54.5 Å². The van der Waals surface area contributed by atoms with Gasteiger partial charge >= 0.3 is 5.97 Å². The Morgan fingerprint density at radius 1 is 1.03 bits per heavy atom. The fourth-order valence-electron chi connectivity index (χ4n) is 5.77. The van der Waals surface area contributed by atoms with Crippen molar-refractivity contribution in [1.29, 1.82) is 0 Å². The number of carbonyl (C=O) groups is 1. The molecule has 6 rings (SSSR count). The number of carboxylic acid groups (broad SMARTS) is 1. The van der Waals surface area contributed by atoms with E-state index in [1.807, 2.05) is 26.0 Å². The molecule has 5 aromatic rings. The van der Waals surface area contributed by atoms with Crippen molar-refractivity contribution in [1.82, 2.24) is 15.0 Å². The summed E-state index contributed by atoms with van der Waals surface area (Å²) < 4.78 is 0. The number of aliphatic carboxylic acids is 1. The number of rotatable bonds is 5. The average Bonchev–Trinajstić information content (AvgIpc) is 3.42. The Labute approximate surface area is 214 Å². The fraction of sp³-hybridized carbons (Fsp3) is 0.300. The van der Waals surface area contributed by atoms with Crippen LogP contribution < -0.4 is 0 Å². The second-order valence-corrected chi connectivity index (χ2v) is 11.2. The van der Waals surface area contributed by atoms with Gasteiger partial charge in [-0.1, -0.05) is 43.5 Å². The summed E-state index contributed by atoms with van der Waals surface area (Å²) in [5, 5.41) is 12.7. The second kappa shape index (κ2) is 9.17. The van der Waals surface area contributed by atoms with E-state index in [-0.39, 0.29) is 6.42 Å². The Morgan fingerprint density at radius 3 is 2.61 bits per heavy atom. The van der Waals surface area contributed by atoms with Crippen molar-refractivity contribution in [3.8, 4) is 21.8 Å². The van der Waals surface area contributed by atoms with Crippen LogP contribution in [0.15, 0.2) is 48.5 Å². The van der Waals surface area contributed by atoms with Gasteiger partial charge in [-0.3, -0.25) is 4.79 Å². The SMILES string of the molecule is Cc1nc(C)c(-c2ccc3cc(-c4[nH]c5cc(CC(=O)O)ccc5c4C4CCCCC4)ccc3n2)s1. The van der Waals surface area contributed by atoms with Gasteiger partial charge in [0.25, 0.3) is 0 Å². The van der Waals surface area contributed by atoms with E-state index in [4.69, 9.17) is 4.98 Å². The number of benzene rings is 2. The smallest absolute Gasteiger partial charge is 0.307 e. The molecule has 0 bridgehead atoms. The van der Waals surface area contributed by atoms with Crippen LogP contribution >= 0.6 is 11.3 Å². The van der Waals surface area contributed by atoms with Crippen molar-refractivity contribution in [3.05, 3.63) is 70.4 Å². The van der Waals surface area contributed by atoms with Gasteiger partial charge in [0.1, 0.15) is 0 Å². The van der Waals surface area contributed by atoms with Crippen LogP contribution in [0.2, 0.25) is 0 Å². The summed E-state index contributed by atoms with van der Waals surface area (Å²) in [7, 11) is 0. The molecule has 1 fully saturated rings. The summed E-state index contributed by atoms with van der Waals surface area (Å²) in [4.78, 5) is 25.6. The monoisotopic (exact) mass is 495 g/mol. The molecule has 36 heavy (non-hydrogen) atoms. The van der Waals surface area contributed by atoms with Crippen LogP contribution in [0.4, 0.5) is 0 Å². The summed E-state index contributed by atoms with van der Waals surface area (Å²) in [6.07, 6.45) is 6.25. The first-order chi connectivity index (χ1) is 17.5. The molecule has 0 radical (unpaired) electrons. The highest BCUT2D eigenvalue weighted by atomic mass is 32.1. The number of thiazole rings is 1. The van der Waals surface area contributed by atoms with Crippen molar-refractivity contribution in [2.45, 2.75) is 58.3 Å². The van der Waals surface area contributed by atoms with Gasteiger partial charge in [-0.15, -0.1) is 11.3 Å². The number of fused-ring (bicyclic) bond motifs is 2. The number of aromatic nitrogens is 3. The first-order valence-corrected chi connectivity index (χ1v) is 13.5. The predicted molar refractivity (Wildman–Crippen MR) is 147 cm³/mol. The summed E-state index contributed by atoms with van der Waals surface area (Å²) >= 11 is 1.69. The lowest BCUT2D eigenvalue weighted by atomic mass is 9.81. The maximum atomic E-state index is 11.3. The maximum absolute atomic E-state index is 11.3. The molecule has 0 unspecified atom stereocenters. The highest BCUT2D eigenvalue weighted by molar-refractivity contribution is 7.15. The van der Waals surface area contributed by atoms with Crippen LogP contribution in [-0.2, 0) is 11.2 Å². The Bertz CT molecular complexity index is 1610. The number of hydrogen-bond donors (Lipinski definition) is 2. The van der Waals surface area contributed by atoms with Gasteiger partial charge in [-0.2, -0.15) is 0 Å². The van der Waals surface area contributed by atoms with E-state index in [1.165, 1.54) is 43.1 Å². The quantitative estimate of drug-likeness (QED) is 0.261. The number of aryl methyl sites for hydroxylation is 2. The summed E-state index contributed by atoms with van der Waals surface area (Å²) in [6.45, 7) is 4.07. The molecule has 0 spiro atoms. The lowest BCUT2D eigenvalue weighted by molar-refractivity contribution is -0.136. The van der Waals surface area contributed by atoms with E-state index < -0.39 is 5.97 Å². The van der Waals surface area contributed by atoms with Crippen LogP contribution in [0.5, 0.6) is 0 Å². The average molecular weight is 496 g/mol. The minimum absolute atomic E-state index is 0.0335. The molecule has 1 saturated carbocycles. The van der Waals surface area contributed by atoms with Crippen molar-refractivity contribution in [2.24, 2.45) is 0 Å². The lowest BCUT2D eigenvalue weighted by Gasteiger charge is -2.23. The van der Waals surface area contributed by atoms with Gasteiger partial charge in [0.05, 0.1) is 33.2 Å². The Hall–Kier alpha value is -3.51. The number of nitrogens with one attached hydrogen (secondary N) is 1. The third kappa shape index (κ3) is 4.20. The molecular weight excluding hydrogens is 466 g/mol. The fourth-order valence-corrected chi connectivity index (χ4v) is 6.66. The molecule has 182 valence electrons. The Morgan fingerprint density at radius 2 is 1.86 bits per heavy atom. The third-order valence-electron chi connectivity index (χ3n) is 7.39. The molecule has 3 heterocycles. The highest BCUT2D eigenvalue weighted by Crippen LogP contribution is 2.43.